The molecule has 0 saturated carbocycles. The van der Waals surface area contributed by atoms with E-state index in [9.17, 15) is 0 Å². The Bertz CT molecular complexity index is 2950. The number of para-hydroxylation sites is 2. The summed E-state index contributed by atoms with van der Waals surface area (Å²) in [6, 6.07) is 70.8. The highest BCUT2D eigenvalue weighted by Crippen LogP contribution is 2.45. The highest BCUT2D eigenvalue weighted by atomic mass is 15.0. The van der Waals surface area contributed by atoms with E-state index in [1.54, 1.807) is 0 Å². The molecule has 11 aromatic rings. The van der Waals surface area contributed by atoms with Gasteiger partial charge in [-0.3, -0.25) is 0 Å². The predicted octanol–water partition coefficient (Wildman–Crippen LogP) is 13.5. The maximum Gasteiger partial charge on any atom is 0.0549 e. The third kappa shape index (κ3) is 4.12. The van der Waals surface area contributed by atoms with E-state index in [-0.39, 0.29) is 0 Å². The third-order valence-electron chi connectivity index (χ3n) is 10.9. The molecule has 0 aliphatic carbocycles. The van der Waals surface area contributed by atoms with Gasteiger partial charge in [-0.05, 0) is 69.4 Å². The molecule has 0 aliphatic heterocycles. The summed E-state index contributed by atoms with van der Waals surface area (Å²) in [7, 11) is 0. The molecule has 0 bridgehead atoms. The van der Waals surface area contributed by atoms with Crippen LogP contribution in [0.4, 0.5) is 0 Å². The van der Waals surface area contributed by atoms with Gasteiger partial charge in [-0.1, -0.05) is 158 Å². The van der Waals surface area contributed by atoms with Crippen molar-refractivity contribution in [2.24, 2.45) is 0 Å². The van der Waals surface area contributed by atoms with Gasteiger partial charge in [0.15, 0.2) is 0 Å². The summed E-state index contributed by atoms with van der Waals surface area (Å²) >= 11 is 0. The third-order valence-corrected chi connectivity index (χ3v) is 10.9. The fourth-order valence-corrected chi connectivity index (χ4v) is 8.73. The second-order valence-corrected chi connectivity index (χ2v) is 13.6. The lowest BCUT2D eigenvalue weighted by molar-refractivity contribution is 1.19. The SMILES string of the molecule is c1ccc(-c2ccc(-n3c4ccccc4c4c5c6ccccc6n(-c6ccc(-c7ccccc7)c7ccccc67)c5ccc43)c3ccccc23)cc1. The summed E-state index contributed by atoms with van der Waals surface area (Å²) in [6.07, 6.45) is 0. The second kappa shape index (κ2) is 11.3. The smallest absolute Gasteiger partial charge is 0.0549 e. The molecular weight excluding hydrogens is 629 g/mol. The van der Waals surface area contributed by atoms with Gasteiger partial charge in [-0.15, -0.1) is 0 Å². The van der Waals surface area contributed by atoms with Crippen LogP contribution in [0.3, 0.4) is 0 Å². The molecule has 2 aromatic heterocycles. The molecule has 11 rings (SSSR count). The van der Waals surface area contributed by atoms with Gasteiger partial charge in [-0.25, -0.2) is 0 Å². The van der Waals surface area contributed by atoms with Crippen LogP contribution in [-0.4, -0.2) is 9.13 Å². The Morgan fingerprint density at radius 2 is 0.577 bits per heavy atom. The summed E-state index contributed by atoms with van der Waals surface area (Å²) in [5.74, 6) is 0. The molecule has 0 radical (unpaired) electrons. The van der Waals surface area contributed by atoms with Crippen molar-refractivity contribution in [2.45, 2.75) is 0 Å². The highest BCUT2D eigenvalue weighted by molar-refractivity contribution is 6.29. The fraction of sp³-hybridized carbons (Fsp3) is 0. The van der Waals surface area contributed by atoms with Crippen LogP contribution in [0.25, 0.3) is 98.8 Å². The molecule has 0 aliphatic rings. The number of hydrogen-bond acceptors (Lipinski definition) is 0. The Hall–Kier alpha value is -6.90. The fourth-order valence-electron chi connectivity index (χ4n) is 8.73. The topological polar surface area (TPSA) is 9.86 Å². The lowest BCUT2D eigenvalue weighted by Gasteiger charge is -2.15. The first-order chi connectivity index (χ1) is 25.8. The van der Waals surface area contributed by atoms with Crippen LogP contribution in [0.15, 0.2) is 194 Å². The molecule has 0 atom stereocenters. The molecule has 0 fully saturated rings. The Morgan fingerprint density at radius 1 is 0.231 bits per heavy atom. The Labute approximate surface area is 301 Å². The first-order valence-electron chi connectivity index (χ1n) is 18.0. The van der Waals surface area contributed by atoms with Gasteiger partial charge in [0.05, 0.1) is 33.4 Å². The quantitative estimate of drug-likeness (QED) is 0.178. The van der Waals surface area contributed by atoms with Gasteiger partial charge in [0.2, 0.25) is 0 Å². The number of nitrogens with zero attached hydrogens (tertiary/aromatic N) is 2. The van der Waals surface area contributed by atoms with Crippen LogP contribution in [0.1, 0.15) is 0 Å². The van der Waals surface area contributed by atoms with Crippen molar-refractivity contribution in [1.82, 2.24) is 9.13 Å². The average molecular weight is 661 g/mol. The van der Waals surface area contributed by atoms with E-state index in [2.05, 4.69) is 203 Å². The molecule has 0 spiro atoms. The predicted molar refractivity (Wildman–Crippen MR) is 221 cm³/mol. The Kier molecular flexibility index (Phi) is 6.28. The van der Waals surface area contributed by atoms with E-state index in [1.165, 1.54) is 98.8 Å². The molecule has 0 unspecified atom stereocenters. The number of hydrogen-bond donors (Lipinski definition) is 0. The van der Waals surface area contributed by atoms with Crippen molar-refractivity contribution in [3.63, 3.8) is 0 Å². The second-order valence-electron chi connectivity index (χ2n) is 13.6. The van der Waals surface area contributed by atoms with Gasteiger partial charge in [0, 0.05) is 32.3 Å². The van der Waals surface area contributed by atoms with E-state index in [0.29, 0.717) is 0 Å². The van der Waals surface area contributed by atoms with Crippen LogP contribution in [0, 0.1) is 0 Å². The normalized spacial score (nSPS) is 11.8. The average Bonchev–Trinajstić information content (AvgIpc) is 3.73. The van der Waals surface area contributed by atoms with Crippen molar-refractivity contribution in [3.05, 3.63) is 194 Å². The summed E-state index contributed by atoms with van der Waals surface area (Å²) in [5.41, 5.74) is 12.1. The zero-order valence-electron chi connectivity index (χ0n) is 28.4. The lowest BCUT2D eigenvalue weighted by atomic mass is 9.97. The van der Waals surface area contributed by atoms with Crippen molar-refractivity contribution >= 4 is 65.2 Å². The zero-order chi connectivity index (χ0) is 34.2. The first-order valence-corrected chi connectivity index (χ1v) is 18.0. The van der Waals surface area contributed by atoms with Crippen LogP contribution in [0.2, 0.25) is 0 Å². The maximum atomic E-state index is 2.48. The van der Waals surface area contributed by atoms with E-state index in [4.69, 9.17) is 0 Å². The van der Waals surface area contributed by atoms with Crippen LogP contribution in [0.5, 0.6) is 0 Å². The van der Waals surface area contributed by atoms with Crippen LogP contribution < -0.4 is 0 Å². The van der Waals surface area contributed by atoms with E-state index < -0.39 is 0 Å². The molecule has 2 heteroatoms. The molecule has 0 N–H and O–H groups in total. The number of aromatic nitrogens is 2. The standard InChI is InChI=1S/C50H32N2/c1-3-15-33(16-4-1)35-27-29-45(39-21-9-7-19-37(35)39)51-43-25-13-11-23-41(43)49-47(51)31-32-48-50(49)42-24-12-14-26-44(42)52(48)46-30-28-36(34-17-5-2-6-18-34)38-20-8-10-22-40(38)46/h1-32H. The summed E-state index contributed by atoms with van der Waals surface area (Å²) in [5, 5.41) is 10.0. The van der Waals surface area contributed by atoms with Gasteiger partial charge < -0.3 is 9.13 Å². The van der Waals surface area contributed by atoms with Gasteiger partial charge in [0.1, 0.15) is 0 Å². The minimum Gasteiger partial charge on any atom is -0.309 e. The molecule has 242 valence electrons. The summed E-state index contributed by atoms with van der Waals surface area (Å²) < 4.78 is 4.97. The number of benzene rings is 9. The lowest BCUT2D eigenvalue weighted by Crippen LogP contribution is -1.97. The van der Waals surface area contributed by atoms with Crippen molar-refractivity contribution in [2.75, 3.05) is 0 Å². The van der Waals surface area contributed by atoms with E-state index >= 15 is 0 Å². The van der Waals surface area contributed by atoms with Crippen LogP contribution in [-0.2, 0) is 0 Å². The van der Waals surface area contributed by atoms with Gasteiger partial charge in [0.25, 0.3) is 0 Å². The minimum atomic E-state index is 1.19. The van der Waals surface area contributed by atoms with Crippen molar-refractivity contribution in [3.8, 4) is 33.6 Å². The zero-order valence-corrected chi connectivity index (χ0v) is 28.4. The maximum absolute atomic E-state index is 2.48. The van der Waals surface area contributed by atoms with E-state index in [0.717, 1.165) is 0 Å². The number of fused-ring (bicyclic) bond motifs is 9. The van der Waals surface area contributed by atoms with Crippen molar-refractivity contribution in [1.29, 1.82) is 0 Å². The summed E-state index contributed by atoms with van der Waals surface area (Å²) in [6.45, 7) is 0. The molecular formula is C50H32N2. The molecule has 0 amide bonds. The van der Waals surface area contributed by atoms with Crippen LogP contribution >= 0.6 is 0 Å². The first kappa shape index (κ1) is 28.9. The Morgan fingerprint density at radius 3 is 1.00 bits per heavy atom. The molecule has 2 heterocycles. The number of rotatable bonds is 4. The largest absolute Gasteiger partial charge is 0.309 e. The Balaban J connectivity index is 1.23. The van der Waals surface area contributed by atoms with Gasteiger partial charge in [-0.2, -0.15) is 0 Å². The molecule has 2 nitrogen and oxygen atoms in total. The molecule has 9 aromatic carbocycles. The summed E-state index contributed by atoms with van der Waals surface area (Å²) in [4.78, 5) is 0. The minimum absolute atomic E-state index is 1.19. The van der Waals surface area contributed by atoms with Gasteiger partial charge >= 0.3 is 0 Å². The molecule has 52 heavy (non-hydrogen) atoms. The molecule has 0 saturated heterocycles. The van der Waals surface area contributed by atoms with E-state index in [1.807, 2.05) is 0 Å². The highest BCUT2D eigenvalue weighted by Gasteiger charge is 2.22. The monoisotopic (exact) mass is 660 g/mol. The van der Waals surface area contributed by atoms with Crippen molar-refractivity contribution < 1.29 is 0 Å².